The molecule has 7 heteroatoms. The van der Waals surface area contributed by atoms with E-state index in [-0.39, 0.29) is 27.6 Å². The molecule has 1 saturated heterocycles. The lowest BCUT2D eigenvalue weighted by Crippen LogP contribution is -2.42. The fraction of sp³-hybridized carbons (Fsp3) is 0.417. The van der Waals surface area contributed by atoms with Crippen LogP contribution in [0.4, 0.5) is 0 Å². The summed E-state index contributed by atoms with van der Waals surface area (Å²) in [6.45, 7) is 2.23. The number of pyridine rings is 1. The van der Waals surface area contributed by atoms with Crippen LogP contribution in [-0.4, -0.2) is 39.5 Å². The quantitative estimate of drug-likeness (QED) is 0.851. The molecule has 2 rings (SSSR count). The van der Waals surface area contributed by atoms with Crippen LogP contribution in [0, 0.1) is 5.92 Å². The third kappa shape index (κ3) is 2.67. The van der Waals surface area contributed by atoms with Crippen molar-refractivity contribution in [3.8, 4) is 0 Å². The van der Waals surface area contributed by atoms with Gasteiger partial charge >= 0.3 is 5.97 Å². The molecule has 1 aliphatic rings. The molecule has 0 bridgehead atoms. The van der Waals surface area contributed by atoms with Crippen molar-refractivity contribution >= 4 is 35.1 Å². The number of aromatic nitrogens is 1. The Hall–Kier alpha value is -1.33. The fourth-order valence-electron chi connectivity index (χ4n) is 2.26. The summed E-state index contributed by atoms with van der Waals surface area (Å²) in [7, 11) is 0. The lowest BCUT2D eigenvalue weighted by molar-refractivity contribution is -0.142. The molecule has 102 valence electrons. The number of hydrogen-bond donors (Lipinski definition) is 1. The molecule has 2 unspecified atom stereocenters. The van der Waals surface area contributed by atoms with Crippen LogP contribution in [0.2, 0.25) is 10.2 Å². The molecule has 1 fully saturated rings. The first kappa shape index (κ1) is 14.1. The smallest absolute Gasteiger partial charge is 0.326 e. The Labute approximate surface area is 120 Å². The molecular formula is C12H12Cl2N2O3. The SMILES string of the molecule is CC1CCN(C(=O)c2cnc(Cl)c(Cl)c2)C1C(=O)O. The Morgan fingerprint density at radius 2 is 2.16 bits per heavy atom. The number of carboxylic acids is 1. The average Bonchev–Trinajstić information content (AvgIpc) is 2.74. The number of halogens is 2. The van der Waals surface area contributed by atoms with E-state index in [4.69, 9.17) is 23.2 Å². The highest BCUT2D eigenvalue weighted by Crippen LogP contribution is 2.27. The van der Waals surface area contributed by atoms with Gasteiger partial charge in [0.15, 0.2) is 0 Å². The van der Waals surface area contributed by atoms with E-state index in [0.717, 1.165) is 0 Å². The summed E-state index contributed by atoms with van der Waals surface area (Å²) in [5.74, 6) is -1.45. The van der Waals surface area contributed by atoms with Gasteiger partial charge in [-0.3, -0.25) is 4.79 Å². The third-order valence-corrected chi connectivity index (χ3v) is 3.94. The highest BCUT2D eigenvalue weighted by atomic mass is 35.5. The number of carbonyl (C=O) groups is 2. The van der Waals surface area contributed by atoms with Crippen molar-refractivity contribution in [1.82, 2.24) is 9.88 Å². The number of hydrogen-bond acceptors (Lipinski definition) is 3. The highest BCUT2D eigenvalue weighted by Gasteiger charge is 2.39. The van der Waals surface area contributed by atoms with Gasteiger partial charge in [0, 0.05) is 12.7 Å². The molecule has 0 spiro atoms. The van der Waals surface area contributed by atoms with Gasteiger partial charge in [0.05, 0.1) is 10.6 Å². The minimum absolute atomic E-state index is 0.0721. The summed E-state index contributed by atoms with van der Waals surface area (Å²) in [6, 6.07) is 0.600. The van der Waals surface area contributed by atoms with Crippen LogP contribution in [0.3, 0.4) is 0 Å². The zero-order valence-electron chi connectivity index (χ0n) is 10.1. The van der Waals surface area contributed by atoms with Gasteiger partial charge in [-0.25, -0.2) is 9.78 Å². The van der Waals surface area contributed by atoms with Crippen LogP contribution in [0.1, 0.15) is 23.7 Å². The Kier molecular flexibility index (Phi) is 3.96. The van der Waals surface area contributed by atoms with E-state index in [9.17, 15) is 14.7 Å². The molecule has 0 saturated carbocycles. The standard InChI is InChI=1S/C12H12Cl2N2O3/c1-6-2-3-16(9(6)12(18)19)11(17)7-4-8(13)10(14)15-5-7/h4-6,9H,2-3H2,1H3,(H,18,19). The number of rotatable bonds is 2. The maximum atomic E-state index is 12.3. The lowest BCUT2D eigenvalue weighted by Gasteiger charge is -2.23. The second-order valence-corrected chi connectivity index (χ2v) is 5.31. The number of carboxylic acid groups (broad SMARTS) is 1. The largest absolute Gasteiger partial charge is 0.480 e. The van der Waals surface area contributed by atoms with Crippen molar-refractivity contribution in [1.29, 1.82) is 0 Å². The maximum absolute atomic E-state index is 12.3. The van der Waals surface area contributed by atoms with Crippen molar-refractivity contribution < 1.29 is 14.7 Å². The van der Waals surface area contributed by atoms with Crippen molar-refractivity contribution in [3.05, 3.63) is 28.0 Å². The predicted molar refractivity (Wildman–Crippen MR) is 70.5 cm³/mol. The van der Waals surface area contributed by atoms with Gasteiger partial charge in [-0.1, -0.05) is 30.1 Å². The first-order valence-electron chi connectivity index (χ1n) is 5.76. The minimum atomic E-state index is -0.994. The summed E-state index contributed by atoms with van der Waals surface area (Å²) in [4.78, 5) is 28.7. The van der Waals surface area contributed by atoms with Crippen LogP contribution in [-0.2, 0) is 4.79 Å². The van der Waals surface area contributed by atoms with Crippen LogP contribution in [0.5, 0.6) is 0 Å². The van der Waals surface area contributed by atoms with Gasteiger partial charge in [-0.15, -0.1) is 0 Å². The van der Waals surface area contributed by atoms with Crippen molar-refractivity contribution in [2.45, 2.75) is 19.4 Å². The highest BCUT2D eigenvalue weighted by molar-refractivity contribution is 6.41. The molecule has 5 nitrogen and oxygen atoms in total. The van der Waals surface area contributed by atoms with Crippen LogP contribution in [0.15, 0.2) is 12.3 Å². The molecule has 0 aromatic carbocycles. The number of nitrogens with zero attached hydrogens (tertiary/aromatic N) is 2. The van der Waals surface area contributed by atoms with E-state index < -0.39 is 12.0 Å². The number of aliphatic carboxylic acids is 1. The van der Waals surface area contributed by atoms with E-state index in [2.05, 4.69) is 4.98 Å². The Bertz CT molecular complexity index is 536. The molecule has 0 aliphatic carbocycles. The third-order valence-electron chi connectivity index (χ3n) is 3.26. The topological polar surface area (TPSA) is 70.5 Å². The summed E-state index contributed by atoms with van der Waals surface area (Å²) in [6.07, 6.45) is 1.97. The van der Waals surface area contributed by atoms with Gasteiger partial charge in [-0.05, 0) is 18.4 Å². The van der Waals surface area contributed by atoms with Gasteiger partial charge in [0.1, 0.15) is 11.2 Å². The molecule has 1 amide bonds. The summed E-state index contributed by atoms with van der Waals surface area (Å²) < 4.78 is 0. The van der Waals surface area contributed by atoms with Crippen LogP contribution in [0.25, 0.3) is 0 Å². The average molecular weight is 303 g/mol. The predicted octanol–water partition coefficient (Wildman–Crippen LogP) is 2.32. The van der Waals surface area contributed by atoms with Gasteiger partial charge in [0.2, 0.25) is 0 Å². The zero-order valence-corrected chi connectivity index (χ0v) is 11.6. The van der Waals surface area contributed by atoms with Gasteiger partial charge < -0.3 is 10.0 Å². The molecule has 0 radical (unpaired) electrons. The van der Waals surface area contributed by atoms with E-state index in [1.807, 2.05) is 6.92 Å². The number of carbonyl (C=O) groups excluding carboxylic acids is 1. The lowest BCUT2D eigenvalue weighted by atomic mass is 10.0. The molecule has 2 atom stereocenters. The van der Waals surface area contributed by atoms with Crippen molar-refractivity contribution in [3.63, 3.8) is 0 Å². The summed E-state index contributed by atoms with van der Waals surface area (Å²) in [5, 5.41) is 9.48. The van der Waals surface area contributed by atoms with Crippen molar-refractivity contribution in [2.24, 2.45) is 5.92 Å². The fourth-order valence-corrected chi connectivity index (χ4v) is 2.53. The second kappa shape index (κ2) is 5.35. The number of amides is 1. The van der Waals surface area contributed by atoms with E-state index in [1.54, 1.807) is 0 Å². The molecule has 1 aromatic rings. The number of likely N-dealkylation sites (tertiary alicyclic amines) is 1. The Morgan fingerprint density at radius 3 is 2.74 bits per heavy atom. The van der Waals surface area contributed by atoms with Gasteiger partial charge in [-0.2, -0.15) is 0 Å². The normalized spacial score (nSPS) is 22.6. The van der Waals surface area contributed by atoms with E-state index >= 15 is 0 Å². The van der Waals surface area contributed by atoms with Gasteiger partial charge in [0.25, 0.3) is 5.91 Å². The minimum Gasteiger partial charge on any atom is -0.480 e. The second-order valence-electron chi connectivity index (χ2n) is 4.54. The monoisotopic (exact) mass is 302 g/mol. The summed E-state index contributed by atoms with van der Waals surface area (Å²) >= 11 is 11.5. The Balaban J connectivity index is 2.28. The summed E-state index contributed by atoms with van der Waals surface area (Å²) in [5.41, 5.74) is 0.245. The first-order valence-corrected chi connectivity index (χ1v) is 6.52. The molecule has 1 aromatic heterocycles. The van der Waals surface area contributed by atoms with E-state index in [1.165, 1.54) is 17.2 Å². The molecule has 1 N–H and O–H groups in total. The first-order chi connectivity index (χ1) is 8.91. The van der Waals surface area contributed by atoms with E-state index in [0.29, 0.717) is 13.0 Å². The van der Waals surface area contributed by atoms with Crippen LogP contribution < -0.4 is 0 Å². The molecule has 1 aliphatic heterocycles. The Morgan fingerprint density at radius 1 is 1.47 bits per heavy atom. The molecule has 2 heterocycles. The maximum Gasteiger partial charge on any atom is 0.326 e. The van der Waals surface area contributed by atoms with Crippen LogP contribution >= 0.6 is 23.2 Å². The zero-order chi connectivity index (χ0) is 14.2. The molecule has 19 heavy (non-hydrogen) atoms. The molecular weight excluding hydrogens is 291 g/mol. The van der Waals surface area contributed by atoms with Crippen molar-refractivity contribution in [2.75, 3.05) is 6.54 Å².